The monoisotopic (exact) mass is 262 g/mol. The van der Waals surface area contributed by atoms with E-state index in [0.717, 1.165) is 10.4 Å². The molecule has 0 fully saturated rings. The quantitative estimate of drug-likeness (QED) is 0.869. The van der Waals surface area contributed by atoms with Crippen molar-refractivity contribution < 1.29 is 14.6 Å². The zero-order chi connectivity index (χ0) is 12.5. The Labute approximate surface area is 107 Å². The SMILES string of the molecule is O=C(O)c1sc(-c2ccncc2)c2c1NCCO2. The number of pyridine rings is 1. The van der Waals surface area contributed by atoms with Gasteiger partial charge in [0.05, 0.1) is 4.88 Å². The molecule has 3 heterocycles. The standard InChI is InChI=1S/C12H10N2O3S/c15-12(16)11-8-9(17-6-5-14-8)10(18-11)7-1-3-13-4-2-7/h1-4,14H,5-6H2,(H,15,16). The maximum Gasteiger partial charge on any atom is 0.348 e. The maximum absolute atomic E-state index is 11.2. The Morgan fingerprint density at radius 3 is 2.94 bits per heavy atom. The molecule has 5 nitrogen and oxygen atoms in total. The summed E-state index contributed by atoms with van der Waals surface area (Å²) in [5, 5.41) is 12.3. The molecular formula is C12H10N2O3S. The largest absolute Gasteiger partial charge is 0.488 e. The van der Waals surface area contributed by atoms with Crippen LogP contribution in [0, 0.1) is 0 Å². The van der Waals surface area contributed by atoms with Crippen molar-refractivity contribution in [1.82, 2.24) is 4.98 Å². The van der Waals surface area contributed by atoms with Crippen LogP contribution in [0.5, 0.6) is 5.75 Å². The van der Waals surface area contributed by atoms with Crippen LogP contribution in [0.3, 0.4) is 0 Å². The number of hydrogen-bond acceptors (Lipinski definition) is 5. The van der Waals surface area contributed by atoms with Gasteiger partial charge in [0.15, 0.2) is 5.75 Å². The minimum atomic E-state index is -0.936. The van der Waals surface area contributed by atoms with Crippen LogP contribution in [-0.4, -0.2) is 29.2 Å². The third-order valence-corrected chi connectivity index (χ3v) is 3.86. The highest BCUT2D eigenvalue weighted by molar-refractivity contribution is 7.18. The van der Waals surface area contributed by atoms with Gasteiger partial charge in [-0.05, 0) is 17.7 Å². The molecule has 1 aliphatic heterocycles. The van der Waals surface area contributed by atoms with Gasteiger partial charge in [-0.15, -0.1) is 11.3 Å². The third kappa shape index (κ3) is 1.70. The second kappa shape index (κ2) is 4.30. The molecule has 0 radical (unpaired) electrons. The molecule has 0 bridgehead atoms. The molecular weight excluding hydrogens is 252 g/mol. The van der Waals surface area contributed by atoms with Crippen LogP contribution >= 0.6 is 11.3 Å². The van der Waals surface area contributed by atoms with Crippen molar-refractivity contribution in [3.63, 3.8) is 0 Å². The van der Waals surface area contributed by atoms with E-state index in [2.05, 4.69) is 10.3 Å². The van der Waals surface area contributed by atoms with Crippen LogP contribution in [-0.2, 0) is 0 Å². The summed E-state index contributed by atoms with van der Waals surface area (Å²) in [7, 11) is 0. The first-order chi connectivity index (χ1) is 8.77. The molecule has 0 aromatic carbocycles. The van der Waals surface area contributed by atoms with Crippen LogP contribution in [0.2, 0.25) is 0 Å². The predicted octanol–water partition coefficient (Wildman–Crippen LogP) is 2.31. The van der Waals surface area contributed by atoms with Crippen LogP contribution in [0.1, 0.15) is 9.67 Å². The minimum absolute atomic E-state index is 0.288. The number of aromatic carboxylic acids is 1. The van der Waals surface area contributed by atoms with Crippen molar-refractivity contribution in [2.75, 3.05) is 18.5 Å². The Morgan fingerprint density at radius 1 is 1.44 bits per heavy atom. The lowest BCUT2D eigenvalue weighted by molar-refractivity contribution is 0.0702. The van der Waals surface area contributed by atoms with E-state index in [1.165, 1.54) is 11.3 Å². The van der Waals surface area contributed by atoms with E-state index in [1.807, 2.05) is 12.1 Å². The van der Waals surface area contributed by atoms with Gasteiger partial charge in [-0.1, -0.05) is 0 Å². The predicted molar refractivity (Wildman–Crippen MR) is 68.5 cm³/mol. The fourth-order valence-electron chi connectivity index (χ4n) is 1.89. The molecule has 0 spiro atoms. The number of aromatic nitrogens is 1. The van der Waals surface area contributed by atoms with E-state index < -0.39 is 5.97 Å². The molecule has 18 heavy (non-hydrogen) atoms. The van der Waals surface area contributed by atoms with Crippen LogP contribution in [0.4, 0.5) is 5.69 Å². The summed E-state index contributed by atoms with van der Waals surface area (Å²) in [4.78, 5) is 16.3. The summed E-state index contributed by atoms with van der Waals surface area (Å²) < 4.78 is 5.60. The van der Waals surface area contributed by atoms with Crippen LogP contribution < -0.4 is 10.1 Å². The number of thiophene rings is 1. The van der Waals surface area contributed by atoms with Gasteiger partial charge in [-0.2, -0.15) is 0 Å². The number of ether oxygens (including phenoxy) is 1. The van der Waals surface area contributed by atoms with E-state index in [0.29, 0.717) is 24.6 Å². The van der Waals surface area contributed by atoms with Gasteiger partial charge in [0.2, 0.25) is 0 Å². The van der Waals surface area contributed by atoms with Crippen molar-refractivity contribution in [2.24, 2.45) is 0 Å². The molecule has 0 aliphatic carbocycles. The van der Waals surface area contributed by atoms with Gasteiger partial charge < -0.3 is 15.2 Å². The number of rotatable bonds is 2. The fraction of sp³-hybridized carbons (Fsp3) is 0.167. The zero-order valence-electron chi connectivity index (χ0n) is 9.34. The van der Waals surface area contributed by atoms with Gasteiger partial charge in [0.1, 0.15) is 17.2 Å². The molecule has 2 N–H and O–H groups in total. The number of fused-ring (bicyclic) bond motifs is 1. The van der Waals surface area contributed by atoms with Crippen molar-refractivity contribution in [3.05, 3.63) is 29.4 Å². The van der Waals surface area contributed by atoms with Crippen molar-refractivity contribution in [3.8, 4) is 16.2 Å². The highest BCUT2D eigenvalue weighted by Gasteiger charge is 2.26. The Kier molecular flexibility index (Phi) is 2.64. The lowest BCUT2D eigenvalue weighted by Gasteiger charge is -2.17. The number of nitrogens with one attached hydrogen (secondary N) is 1. The number of carboxylic acids is 1. The number of carboxylic acid groups (broad SMARTS) is 1. The third-order valence-electron chi connectivity index (χ3n) is 2.65. The zero-order valence-corrected chi connectivity index (χ0v) is 10.2. The van der Waals surface area contributed by atoms with E-state index in [1.54, 1.807) is 12.4 Å². The highest BCUT2D eigenvalue weighted by Crippen LogP contribution is 2.47. The Morgan fingerprint density at radius 2 is 2.22 bits per heavy atom. The van der Waals surface area contributed by atoms with E-state index in [9.17, 15) is 9.90 Å². The Bertz CT molecular complexity index is 595. The summed E-state index contributed by atoms with van der Waals surface area (Å²) in [6.45, 7) is 1.17. The molecule has 0 unspecified atom stereocenters. The second-order valence-electron chi connectivity index (χ2n) is 3.78. The molecule has 0 saturated heterocycles. The molecule has 2 aromatic heterocycles. The summed E-state index contributed by atoms with van der Waals surface area (Å²) in [6.07, 6.45) is 3.36. The van der Waals surface area contributed by atoms with Gasteiger partial charge in [-0.3, -0.25) is 4.98 Å². The van der Waals surface area contributed by atoms with E-state index in [4.69, 9.17) is 4.74 Å². The maximum atomic E-state index is 11.2. The number of nitrogens with zero attached hydrogens (tertiary/aromatic N) is 1. The van der Waals surface area contributed by atoms with Gasteiger partial charge in [-0.25, -0.2) is 4.79 Å². The van der Waals surface area contributed by atoms with E-state index in [-0.39, 0.29) is 4.88 Å². The Hall–Kier alpha value is -2.08. The smallest absolute Gasteiger partial charge is 0.348 e. The van der Waals surface area contributed by atoms with Gasteiger partial charge in [0, 0.05) is 18.9 Å². The molecule has 92 valence electrons. The average molecular weight is 262 g/mol. The van der Waals surface area contributed by atoms with Gasteiger partial charge >= 0.3 is 5.97 Å². The van der Waals surface area contributed by atoms with Crippen molar-refractivity contribution in [2.45, 2.75) is 0 Å². The summed E-state index contributed by atoms with van der Waals surface area (Å²) in [6, 6.07) is 3.69. The molecule has 2 aromatic rings. The number of anilines is 1. The van der Waals surface area contributed by atoms with Gasteiger partial charge in [0.25, 0.3) is 0 Å². The topological polar surface area (TPSA) is 71.5 Å². The normalized spacial score (nSPS) is 13.3. The number of carbonyl (C=O) groups is 1. The first-order valence-electron chi connectivity index (χ1n) is 5.44. The molecule has 0 atom stereocenters. The summed E-state index contributed by atoms with van der Waals surface area (Å²) in [5.41, 5.74) is 1.51. The van der Waals surface area contributed by atoms with E-state index >= 15 is 0 Å². The fourth-order valence-corrected chi connectivity index (χ4v) is 2.95. The average Bonchev–Trinajstić information content (AvgIpc) is 2.79. The molecule has 3 rings (SSSR count). The van der Waals surface area contributed by atoms with Crippen LogP contribution in [0.15, 0.2) is 24.5 Å². The first kappa shape index (κ1) is 11.0. The first-order valence-corrected chi connectivity index (χ1v) is 6.26. The number of hydrogen-bond donors (Lipinski definition) is 2. The Balaban J connectivity index is 2.18. The molecule has 1 aliphatic rings. The molecule has 6 heteroatoms. The lowest BCUT2D eigenvalue weighted by atomic mass is 10.2. The summed E-state index contributed by atoms with van der Waals surface area (Å²) >= 11 is 1.22. The lowest BCUT2D eigenvalue weighted by Crippen LogP contribution is -2.18. The van der Waals surface area contributed by atoms with Crippen LogP contribution in [0.25, 0.3) is 10.4 Å². The second-order valence-corrected chi connectivity index (χ2v) is 4.80. The minimum Gasteiger partial charge on any atom is -0.488 e. The molecule has 0 amide bonds. The highest BCUT2D eigenvalue weighted by atomic mass is 32.1. The molecule has 0 saturated carbocycles. The summed E-state index contributed by atoms with van der Waals surface area (Å²) in [5.74, 6) is -0.301. The van der Waals surface area contributed by atoms with Crippen molar-refractivity contribution in [1.29, 1.82) is 0 Å². The van der Waals surface area contributed by atoms with Crippen molar-refractivity contribution >= 4 is 23.0 Å².